The summed E-state index contributed by atoms with van der Waals surface area (Å²) in [6.45, 7) is 3.04. The lowest BCUT2D eigenvalue weighted by atomic mass is 10.1. The fourth-order valence-electron chi connectivity index (χ4n) is 1.85. The summed E-state index contributed by atoms with van der Waals surface area (Å²) in [6.07, 6.45) is 5.97. The molecule has 0 saturated carbocycles. The molecule has 1 aromatic carbocycles. The van der Waals surface area contributed by atoms with E-state index in [1.165, 1.54) is 0 Å². The van der Waals surface area contributed by atoms with Crippen LogP contribution in [0.25, 0.3) is 0 Å². The van der Waals surface area contributed by atoms with Crippen LogP contribution in [-0.4, -0.2) is 19.8 Å². The molecule has 0 aliphatic rings. The summed E-state index contributed by atoms with van der Waals surface area (Å²) in [5.41, 5.74) is 0. The highest BCUT2D eigenvalue weighted by atomic mass is 16.5. The Labute approximate surface area is 105 Å². The van der Waals surface area contributed by atoms with Gasteiger partial charge in [-0.05, 0) is 43.9 Å². The standard InChI is InChI=1S/C15H23O2/c1-3-9-14(12-7-8-13-16-2)17-15-10-5-4-6-11-15/h4-5,10-11,14H,3,7-9,12-13H2,1-2H3. The molecule has 2 heteroatoms. The summed E-state index contributed by atoms with van der Waals surface area (Å²) in [7, 11) is 1.75. The molecule has 0 heterocycles. The Bertz CT molecular complexity index is 272. The summed E-state index contributed by atoms with van der Waals surface area (Å²) in [4.78, 5) is 0. The van der Waals surface area contributed by atoms with Gasteiger partial charge in [-0.2, -0.15) is 0 Å². The summed E-state index contributed by atoms with van der Waals surface area (Å²) >= 11 is 0. The van der Waals surface area contributed by atoms with Crippen LogP contribution in [0.1, 0.15) is 39.0 Å². The van der Waals surface area contributed by atoms with Gasteiger partial charge in [-0.1, -0.05) is 25.5 Å². The van der Waals surface area contributed by atoms with Crippen molar-refractivity contribution in [2.75, 3.05) is 13.7 Å². The molecule has 0 bridgehead atoms. The molecule has 1 atom stereocenters. The molecule has 1 unspecified atom stereocenters. The zero-order valence-electron chi connectivity index (χ0n) is 10.9. The molecular formula is C15H23O2. The number of hydrogen-bond donors (Lipinski definition) is 0. The van der Waals surface area contributed by atoms with Gasteiger partial charge in [-0.3, -0.25) is 0 Å². The van der Waals surface area contributed by atoms with Crippen molar-refractivity contribution in [3.8, 4) is 5.75 Å². The molecule has 0 spiro atoms. The first-order valence-electron chi connectivity index (χ1n) is 6.48. The highest BCUT2D eigenvalue weighted by molar-refractivity contribution is 5.20. The number of ether oxygens (including phenoxy) is 2. The van der Waals surface area contributed by atoms with Crippen molar-refractivity contribution in [3.05, 3.63) is 30.3 Å². The molecular weight excluding hydrogens is 212 g/mol. The van der Waals surface area contributed by atoms with Crippen molar-refractivity contribution in [2.24, 2.45) is 0 Å². The summed E-state index contributed by atoms with van der Waals surface area (Å²) in [5.74, 6) is 0.928. The van der Waals surface area contributed by atoms with Crippen LogP contribution in [0.2, 0.25) is 0 Å². The number of benzene rings is 1. The Morgan fingerprint density at radius 3 is 2.82 bits per heavy atom. The second-order valence-corrected chi connectivity index (χ2v) is 4.26. The van der Waals surface area contributed by atoms with Gasteiger partial charge in [0.15, 0.2) is 0 Å². The van der Waals surface area contributed by atoms with Crippen molar-refractivity contribution < 1.29 is 9.47 Å². The average molecular weight is 235 g/mol. The molecule has 0 amide bonds. The van der Waals surface area contributed by atoms with Gasteiger partial charge in [0.1, 0.15) is 5.75 Å². The molecule has 0 saturated heterocycles. The number of hydrogen-bond acceptors (Lipinski definition) is 2. The second-order valence-electron chi connectivity index (χ2n) is 4.26. The lowest BCUT2D eigenvalue weighted by Gasteiger charge is -2.18. The summed E-state index contributed by atoms with van der Waals surface area (Å²) in [6, 6.07) is 10.8. The van der Waals surface area contributed by atoms with Crippen LogP contribution in [0.15, 0.2) is 24.3 Å². The number of methoxy groups -OCH3 is 1. The quantitative estimate of drug-likeness (QED) is 0.605. The first-order chi connectivity index (χ1) is 8.36. The van der Waals surface area contributed by atoms with Crippen LogP contribution >= 0.6 is 0 Å². The van der Waals surface area contributed by atoms with Crippen LogP contribution < -0.4 is 4.74 Å². The zero-order chi connectivity index (χ0) is 12.3. The smallest absolute Gasteiger partial charge is 0.120 e. The first kappa shape index (κ1) is 14.0. The highest BCUT2D eigenvalue weighted by Crippen LogP contribution is 2.17. The lowest BCUT2D eigenvalue weighted by Crippen LogP contribution is -2.16. The number of unbranched alkanes of at least 4 members (excludes halogenated alkanes) is 1. The van der Waals surface area contributed by atoms with Crippen LogP contribution in [-0.2, 0) is 4.74 Å². The Morgan fingerprint density at radius 2 is 2.18 bits per heavy atom. The van der Waals surface area contributed by atoms with Crippen molar-refractivity contribution in [2.45, 2.75) is 45.1 Å². The molecule has 1 radical (unpaired) electrons. The van der Waals surface area contributed by atoms with Crippen molar-refractivity contribution in [1.82, 2.24) is 0 Å². The van der Waals surface area contributed by atoms with E-state index in [0.29, 0.717) is 6.10 Å². The van der Waals surface area contributed by atoms with E-state index in [9.17, 15) is 0 Å². The average Bonchev–Trinajstić information content (AvgIpc) is 2.36. The molecule has 0 aliphatic carbocycles. The van der Waals surface area contributed by atoms with Gasteiger partial charge in [0.2, 0.25) is 0 Å². The molecule has 0 aromatic heterocycles. The van der Waals surface area contributed by atoms with E-state index in [4.69, 9.17) is 9.47 Å². The topological polar surface area (TPSA) is 18.5 Å². The molecule has 1 rings (SSSR count). The second kappa shape index (κ2) is 9.06. The fourth-order valence-corrected chi connectivity index (χ4v) is 1.85. The maximum absolute atomic E-state index is 5.96. The van der Waals surface area contributed by atoms with E-state index < -0.39 is 0 Å². The monoisotopic (exact) mass is 235 g/mol. The number of rotatable bonds is 9. The van der Waals surface area contributed by atoms with E-state index in [2.05, 4.69) is 13.0 Å². The third-order valence-electron chi connectivity index (χ3n) is 2.72. The minimum atomic E-state index is 0.327. The Morgan fingerprint density at radius 1 is 1.29 bits per heavy atom. The van der Waals surface area contributed by atoms with Crippen LogP contribution in [0.3, 0.4) is 0 Å². The predicted octanol–water partition coefficient (Wildman–Crippen LogP) is 3.85. The summed E-state index contributed by atoms with van der Waals surface area (Å²) in [5, 5.41) is 0. The maximum atomic E-state index is 5.96. The minimum Gasteiger partial charge on any atom is -0.490 e. The lowest BCUT2D eigenvalue weighted by molar-refractivity contribution is 0.160. The van der Waals surface area contributed by atoms with E-state index in [1.54, 1.807) is 7.11 Å². The highest BCUT2D eigenvalue weighted by Gasteiger charge is 2.08. The van der Waals surface area contributed by atoms with Crippen LogP contribution in [0.5, 0.6) is 5.75 Å². The van der Waals surface area contributed by atoms with Crippen LogP contribution in [0.4, 0.5) is 0 Å². The van der Waals surface area contributed by atoms with E-state index in [1.807, 2.05) is 24.3 Å². The molecule has 95 valence electrons. The third kappa shape index (κ3) is 6.32. The first-order valence-corrected chi connectivity index (χ1v) is 6.48. The van der Waals surface area contributed by atoms with Crippen molar-refractivity contribution in [3.63, 3.8) is 0 Å². The Kier molecular flexibility index (Phi) is 7.48. The SMILES string of the molecule is CCCC(CCCCOC)Oc1c[c]ccc1. The van der Waals surface area contributed by atoms with Crippen molar-refractivity contribution >= 4 is 0 Å². The van der Waals surface area contributed by atoms with Gasteiger partial charge < -0.3 is 9.47 Å². The van der Waals surface area contributed by atoms with Crippen LogP contribution in [0, 0.1) is 6.07 Å². The van der Waals surface area contributed by atoms with Gasteiger partial charge >= 0.3 is 0 Å². The van der Waals surface area contributed by atoms with E-state index >= 15 is 0 Å². The maximum Gasteiger partial charge on any atom is 0.120 e. The zero-order valence-corrected chi connectivity index (χ0v) is 10.9. The fraction of sp³-hybridized carbons (Fsp3) is 0.600. The Hall–Kier alpha value is -1.02. The van der Waals surface area contributed by atoms with Gasteiger partial charge in [-0.25, -0.2) is 0 Å². The Balaban J connectivity index is 2.32. The minimum absolute atomic E-state index is 0.327. The largest absolute Gasteiger partial charge is 0.490 e. The van der Waals surface area contributed by atoms with E-state index in [-0.39, 0.29) is 0 Å². The van der Waals surface area contributed by atoms with Gasteiger partial charge in [0, 0.05) is 13.7 Å². The molecule has 1 aromatic rings. The molecule has 17 heavy (non-hydrogen) atoms. The summed E-state index contributed by atoms with van der Waals surface area (Å²) < 4.78 is 11.0. The van der Waals surface area contributed by atoms with Gasteiger partial charge in [-0.15, -0.1) is 0 Å². The molecule has 0 aliphatic heterocycles. The normalized spacial score (nSPS) is 12.4. The molecule has 0 N–H and O–H groups in total. The predicted molar refractivity (Wildman–Crippen MR) is 70.3 cm³/mol. The van der Waals surface area contributed by atoms with Gasteiger partial charge in [0.25, 0.3) is 0 Å². The van der Waals surface area contributed by atoms with Gasteiger partial charge in [0.05, 0.1) is 6.10 Å². The molecule has 0 fully saturated rings. The van der Waals surface area contributed by atoms with E-state index in [0.717, 1.165) is 44.5 Å². The molecule has 2 nitrogen and oxygen atoms in total. The van der Waals surface area contributed by atoms with Crippen molar-refractivity contribution in [1.29, 1.82) is 0 Å². The third-order valence-corrected chi connectivity index (χ3v) is 2.72.